The van der Waals surface area contributed by atoms with Gasteiger partial charge in [0.1, 0.15) is 0 Å². The van der Waals surface area contributed by atoms with Crippen molar-refractivity contribution in [2.75, 3.05) is 0 Å². The van der Waals surface area contributed by atoms with Crippen LogP contribution in [0.3, 0.4) is 0 Å². The molecular formula is C8H14N4O2S. The van der Waals surface area contributed by atoms with Crippen molar-refractivity contribution >= 4 is 10.0 Å². The summed E-state index contributed by atoms with van der Waals surface area (Å²) in [4.78, 5) is 0. The van der Waals surface area contributed by atoms with E-state index < -0.39 is 10.0 Å². The van der Waals surface area contributed by atoms with Gasteiger partial charge in [-0.25, -0.2) is 13.1 Å². The SMILES string of the molecule is NC1CCCC1NS(=O)(=O)c1ccn[nH]1. The van der Waals surface area contributed by atoms with Crippen LogP contribution in [0.2, 0.25) is 0 Å². The number of rotatable bonds is 3. The molecule has 1 heterocycles. The molecule has 4 N–H and O–H groups in total. The van der Waals surface area contributed by atoms with Gasteiger partial charge in [0.2, 0.25) is 0 Å². The quantitative estimate of drug-likeness (QED) is 0.655. The number of nitrogens with two attached hydrogens (primary N) is 1. The van der Waals surface area contributed by atoms with Crippen LogP contribution < -0.4 is 10.5 Å². The second-order valence-electron chi connectivity index (χ2n) is 3.74. The maximum Gasteiger partial charge on any atom is 0.257 e. The fraction of sp³-hybridized carbons (Fsp3) is 0.625. The lowest BCUT2D eigenvalue weighted by atomic mass is 10.2. The first-order valence-electron chi connectivity index (χ1n) is 4.87. The third-order valence-electron chi connectivity index (χ3n) is 2.64. The molecule has 7 heteroatoms. The molecule has 1 aliphatic carbocycles. The Kier molecular flexibility index (Phi) is 2.76. The monoisotopic (exact) mass is 230 g/mol. The number of sulfonamides is 1. The topological polar surface area (TPSA) is 101 Å². The minimum Gasteiger partial charge on any atom is -0.326 e. The Labute approximate surface area is 88.3 Å². The highest BCUT2D eigenvalue weighted by Gasteiger charge is 2.29. The molecule has 2 rings (SSSR count). The maximum absolute atomic E-state index is 11.8. The second-order valence-corrected chi connectivity index (χ2v) is 5.43. The summed E-state index contributed by atoms with van der Waals surface area (Å²) >= 11 is 0. The van der Waals surface area contributed by atoms with E-state index in [1.165, 1.54) is 12.3 Å². The molecule has 2 unspecified atom stereocenters. The van der Waals surface area contributed by atoms with Crippen LogP contribution in [0, 0.1) is 0 Å². The normalized spacial score (nSPS) is 27.0. The Hall–Kier alpha value is -0.920. The Morgan fingerprint density at radius 1 is 1.53 bits per heavy atom. The summed E-state index contributed by atoms with van der Waals surface area (Å²) < 4.78 is 26.1. The fourth-order valence-electron chi connectivity index (χ4n) is 1.79. The summed E-state index contributed by atoms with van der Waals surface area (Å²) in [6, 6.07) is 1.18. The van der Waals surface area contributed by atoms with Crippen molar-refractivity contribution < 1.29 is 8.42 Å². The Bertz CT molecular complexity index is 414. The van der Waals surface area contributed by atoms with Gasteiger partial charge in [0.15, 0.2) is 5.03 Å². The molecule has 1 aromatic rings. The highest BCUT2D eigenvalue weighted by molar-refractivity contribution is 7.89. The van der Waals surface area contributed by atoms with E-state index in [0.29, 0.717) is 0 Å². The van der Waals surface area contributed by atoms with E-state index in [-0.39, 0.29) is 17.1 Å². The Balaban J connectivity index is 2.11. The third-order valence-corrected chi connectivity index (χ3v) is 4.06. The largest absolute Gasteiger partial charge is 0.326 e. The van der Waals surface area contributed by atoms with Crippen molar-refractivity contribution in [3.05, 3.63) is 12.3 Å². The standard InChI is InChI=1S/C8H14N4O2S/c9-6-2-1-3-7(6)12-15(13,14)8-4-5-10-11-8/h4-7,12H,1-3,9H2,(H,10,11). The zero-order valence-electron chi connectivity index (χ0n) is 8.18. The van der Waals surface area contributed by atoms with Gasteiger partial charge in [-0.3, -0.25) is 5.10 Å². The van der Waals surface area contributed by atoms with E-state index in [1.807, 2.05) is 0 Å². The highest BCUT2D eigenvalue weighted by atomic mass is 32.2. The smallest absolute Gasteiger partial charge is 0.257 e. The average Bonchev–Trinajstić information content (AvgIpc) is 2.77. The molecular weight excluding hydrogens is 216 g/mol. The predicted molar refractivity (Wildman–Crippen MR) is 54.5 cm³/mol. The van der Waals surface area contributed by atoms with Crippen molar-refractivity contribution in [1.82, 2.24) is 14.9 Å². The summed E-state index contributed by atoms with van der Waals surface area (Å²) in [7, 11) is -3.48. The molecule has 0 bridgehead atoms. The van der Waals surface area contributed by atoms with E-state index in [2.05, 4.69) is 14.9 Å². The molecule has 2 atom stereocenters. The van der Waals surface area contributed by atoms with Crippen molar-refractivity contribution in [2.24, 2.45) is 5.73 Å². The minimum absolute atomic E-state index is 0.0808. The molecule has 1 fully saturated rings. The van der Waals surface area contributed by atoms with E-state index in [1.54, 1.807) is 0 Å². The molecule has 0 amide bonds. The molecule has 1 aliphatic rings. The van der Waals surface area contributed by atoms with Crippen LogP contribution in [0.5, 0.6) is 0 Å². The van der Waals surface area contributed by atoms with Crippen LogP contribution in [-0.4, -0.2) is 30.7 Å². The molecule has 0 spiro atoms. The lowest BCUT2D eigenvalue weighted by molar-refractivity contribution is 0.520. The highest BCUT2D eigenvalue weighted by Crippen LogP contribution is 2.19. The van der Waals surface area contributed by atoms with Gasteiger partial charge in [-0.2, -0.15) is 5.10 Å². The van der Waals surface area contributed by atoms with Crippen molar-refractivity contribution in [3.63, 3.8) is 0 Å². The van der Waals surface area contributed by atoms with Gasteiger partial charge < -0.3 is 5.73 Å². The van der Waals surface area contributed by atoms with Gasteiger partial charge in [-0.15, -0.1) is 0 Å². The van der Waals surface area contributed by atoms with Crippen molar-refractivity contribution in [3.8, 4) is 0 Å². The van der Waals surface area contributed by atoms with Crippen LogP contribution >= 0.6 is 0 Å². The summed E-state index contributed by atoms with van der Waals surface area (Å²) in [6.07, 6.45) is 4.05. The van der Waals surface area contributed by atoms with Crippen LogP contribution in [0.1, 0.15) is 19.3 Å². The van der Waals surface area contributed by atoms with E-state index >= 15 is 0 Å². The Morgan fingerprint density at radius 3 is 2.87 bits per heavy atom. The fourth-order valence-corrected chi connectivity index (χ4v) is 3.02. The third kappa shape index (κ3) is 2.19. The van der Waals surface area contributed by atoms with E-state index in [0.717, 1.165) is 19.3 Å². The van der Waals surface area contributed by atoms with Gasteiger partial charge in [-0.1, -0.05) is 6.42 Å². The first-order chi connectivity index (χ1) is 7.09. The Morgan fingerprint density at radius 2 is 2.33 bits per heavy atom. The zero-order valence-corrected chi connectivity index (χ0v) is 9.00. The van der Waals surface area contributed by atoms with E-state index in [9.17, 15) is 8.42 Å². The maximum atomic E-state index is 11.8. The predicted octanol–water partition coefficient (Wildman–Crippen LogP) is -0.432. The van der Waals surface area contributed by atoms with Crippen LogP contribution in [0.4, 0.5) is 0 Å². The summed E-state index contributed by atoms with van der Waals surface area (Å²) in [5, 5.41) is 6.12. The summed E-state index contributed by atoms with van der Waals surface area (Å²) in [6.45, 7) is 0. The molecule has 1 saturated carbocycles. The van der Waals surface area contributed by atoms with Gasteiger partial charge in [0.25, 0.3) is 10.0 Å². The zero-order chi connectivity index (χ0) is 10.9. The number of aromatic nitrogens is 2. The molecule has 15 heavy (non-hydrogen) atoms. The lowest BCUT2D eigenvalue weighted by Gasteiger charge is -2.16. The van der Waals surface area contributed by atoms with Crippen LogP contribution in [0.25, 0.3) is 0 Å². The number of hydrogen-bond donors (Lipinski definition) is 3. The molecule has 1 aromatic heterocycles. The first-order valence-corrected chi connectivity index (χ1v) is 6.35. The lowest BCUT2D eigenvalue weighted by Crippen LogP contribution is -2.43. The number of nitrogens with zero attached hydrogens (tertiary/aromatic N) is 1. The molecule has 0 saturated heterocycles. The summed E-state index contributed by atoms with van der Waals surface area (Å²) in [5.74, 6) is 0. The van der Waals surface area contributed by atoms with Gasteiger partial charge in [0, 0.05) is 12.1 Å². The minimum atomic E-state index is -3.48. The van der Waals surface area contributed by atoms with Crippen LogP contribution in [0.15, 0.2) is 17.3 Å². The van der Waals surface area contributed by atoms with E-state index in [4.69, 9.17) is 5.73 Å². The molecule has 84 valence electrons. The molecule has 0 aliphatic heterocycles. The summed E-state index contributed by atoms with van der Waals surface area (Å²) in [5.41, 5.74) is 5.79. The number of aromatic amines is 1. The average molecular weight is 230 g/mol. The number of H-pyrrole nitrogens is 1. The number of hydrogen-bond acceptors (Lipinski definition) is 4. The molecule has 0 aromatic carbocycles. The number of nitrogens with one attached hydrogen (secondary N) is 2. The molecule has 0 radical (unpaired) electrons. The first kappa shape index (κ1) is 10.6. The van der Waals surface area contributed by atoms with Gasteiger partial charge in [0.05, 0.1) is 6.20 Å². The van der Waals surface area contributed by atoms with Crippen molar-refractivity contribution in [2.45, 2.75) is 36.4 Å². The second kappa shape index (κ2) is 3.92. The van der Waals surface area contributed by atoms with Gasteiger partial charge >= 0.3 is 0 Å². The van der Waals surface area contributed by atoms with Crippen molar-refractivity contribution in [1.29, 1.82) is 0 Å². The van der Waals surface area contributed by atoms with Gasteiger partial charge in [-0.05, 0) is 18.9 Å². The van der Waals surface area contributed by atoms with Crippen LogP contribution in [-0.2, 0) is 10.0 Å². The molecule has 6 nitrogen and oxygen atoms in total.